The minimum absolute atomic E-state index is 0.0485. The Morgan fingerprint density at radius 1 is 1.08 bits per heavy atom. The van der Waals surface area contributed by atoms with Gasteiger partial charge in [0.15, 0.2) is 17.3 Å². The first-order chi connectivity index (χ1) is 24.5. The number of hydrogen-bond donors (Lipinski definition) is 4. The molecule has 0 radical (unpaired) electrons. The number of fused-ring (bicyclic) bond motifs is 1. The van der Waals surface area contributed by atoms with E-state index >= 15 is 0 Å². The van der Waals surface area contributed by atoms with Crippen molar-refractivity contribution in [1.29, 1.82) is 10.8 Å². The van der Waals surface area contributed by atoms with Crippen LogP contribution in [-0.4, -0.2) is 96.6 Å². The van der Waals surface area contributed by atoms with E-state index in [0.29, 0.717) is 67.7 Å². The van der Waals surface area contributed by atoms with Crippen LogP contribution in [-0.2, 0) is 9.59 Å². The highest BCUT2D eigenvalue weighted by molar-refractivity contribution is 6.13. The monoisotopic (exact) mass is 691 g/mol. The highest BCUT2D eigenvalue weighted by atomic mass is 16.7. The molecule has 0 saturated carbocycles. The molecule has 13 nitrogen and oxygen atoms in total. The summed E-state index contributed by atoms with van der Waals surface area (Å²) in [5.74, 6) is 0.694. The number of benzene rings is 2. The van der Waals surface area contributed by atoms with Gasteiger partial charge in [-0.05, 0) is 67.8 Å². The van der Waals surface area contributed by atoms with Crippen LogP contribution in [0.1, 0.15) is 56.0 Å². The number of nitrogens with two attached hydrogens (primary N) is 1. The lowest BCUT2D eigenvalue weighted by molar-refractivity contribution is -0.132. The van der Waals surface area contributed by atoms with Crippen LogP contribution >= 0.6 is 0 Å². The third-order valence-corrected chi connectivity index (χ3v) is 9.35. The summed E-state index contributed by atoms with van der Waals surface area (Å²) < 4.78 is 11.6. The fourth-order valence-corrected chi connectivity index (χ4v) is 6.65. The van der Waals surface area contributed by atoms with E-state index in [1.807, 2.05) is 49.9 Å². The standard InChI is InChI=1S/C38H45N9O4/c1-5-47(32-13-11-29(39)35(44-32)34(40)27-10-12-30-31(20-27)51-38(2,3)50-30)37(49)28-14-17-45(21-28)22-33(48)46-18-15-25(16-19-46)24-6-8-26(9-7-24)36(41)43-23-42-4/h6-13,15,20,23,28,40H,5,14,16-19,21-22,39H2,1-4H3,(H2,41,42,43)/t28-/m1/s1. The third-order valence-electron chi connectivity index (χ3n) is 9.35. The minimum Gasteiger partial charge on any atom is -0.449 e. The minimum atomic E-state index is -0.787. The van der Waals surface area contributed by atoms with Crippen molar-refractivity contribution in [3.8, 4) is 11.5 Å². The number of nitrogens with one attached hydrogen (secondary N) is 3. The molecule has 0 unspecified atom stereocenters. The molecule has 51 heavy (non-hydrogen) atoms. The molecule has 3 aromatic rings. The van der Waals surface area contributed by atoms with Gasteiger partial charge >= 0.3 is 0 Å². The Morgan fingerprint density at radius 2 is 1.82 bits per heavy atom. The van der Waals surface area contributed by atoms with E-state index in [4.69, 9.17) is 31.0 Å². The molecule has 6 rings (SSSR count). The number of carbonyl (C=O) groups excluding carboxylic acids is 2. The maximum absolute atomic E-state index is 13.8. The Hall–Kier alpha value is -5.56. The molecule has 1 aromatic heterocycles. The average molecular weight is 692 g/mol. The molecule has 4 heterocycles. The van der Waals surface area contributed by atoms with Crippen molar-refractivity contribution in [2.24, 2.45) is 10.9 Å². The number of nitrogen functional groups attached to an aromatic ring is 1. The van der Waals surface area contributed by atoms with Gasteiger partial charge in [0.2, 0.25) is 17.6 Å². The molecule has 1 fully saturated rings. The molecule has 5 N–H and O–H groups in total. The number of aromatic nitrogens is 1. The van der Waals surface area contributed by atoms with Crippen molar-refractivity contribution >= 4 is 46.8 Å². The molecular weight excluding hydrogens is 646 g/mol. The molecule has 3 aliphatic rings. The predicted octanol–water partition coefficient (Wildman–Crippen LogP) is 4.15. The summed E-state index contributed by atoms with van der Waals surface area (Å²) in [7, 11) is 1.74. The highest BCUT2D eigenvalue weighted by Gasteiger charge is 2.35. The van der Waals surface area contributed by atoms with Gasteiger partial charge in [-0.2, -0.15) is 0 Å². The summed E-state index contributed by atoms with van der Waals surface area (Å²) in [6.45, 7) is 8.49. The van der Waals surface area contributed by atoms with Crippen molar-refractivity contribution in [2.75, 3.05) is 56.9 Å². The third kappa shape index (κ3) is 7.78. The van der Waals surface area contributed by atoms with Gasteiger partial charge in [0, 0.05) is 58.2 Å². The van der Waals surface area contributed by atoms with Gasteiger partial charge in [-0.3, -0.25) is 30.2 Å². The van der Waals surface area contributed by atoms with Crippen LogP contribution in [0, 0.1) is 16.7 Å². The Bertz CT molecular complexity index is 1900. The van der Waals surface area contributed by atoms with Crippen LogP contribution in [0.3, 0.4) is 0 Å². The number of amidine groups is 1. The van der Waals surface area contributed by atoms with Gasteiger partial charge in [0.25, 0.3) is 0 Å². The van der Waals surface area contributed by atoms with Gasteiger partial charge in [0.05, 0.1) is 30.2 Å². The van der Waals surface area contributed by atoms with E-state index in [1.165, 1.54) is 11.9 Å². The maximum Gasteiger partial charge on any atom is 0.246 e. The summed E-state index contributed by atoms with van der Waals surface area (Å²) in [4.78, 5) is 41.4. The van der Waals surface area contributed by atoms with Crippen LogP contribution in [0.2, 0.25) is 0 Å². The first-order valence-corrected chi connectivity index (χ1v) is 17.2. The fraction of sp³-hybridized carbons (Fsp3) is 0.368. The smallest absolute Gasteiger partial charge is 0.246 e. The van der Waals surface area contributed by atoms with E-state index in [0.717, 1.165) is 17.5 Å². The van der Waals surface area contributed by atoms with Crippen molar-refractivity contribution in [3.63, 3.8) is 0 Å². The second-order valence-corrected chi connectivity index (χ2v) is 13.3. The normalized spacial score (nSPS) is 18.1. The lowest BCUT2D eigenvalue weighted by Gasteiger charge is -2.29. The largest absolute Gasteiger partial charge is 0.449 e. The summed E-state index contributed by atoms with van der Waals surface area (Å²) in [5, 5.41) is 19.8. The highest BCUT2D eigenvalue weighted by Crippen LogP contribution is 2.40. The Balaban J connectivity index is 1.04. The molecule has 0 spiro atoms. The molecule has 0 bridgehead atoms. The van der Waals surface area contributed by atoms with Crippen molar-refractivity contribution in [1.82, 2.24) is 20.1 Å². The molecule has 1 saturated heterocycles. The molecule has 266 valence electrons. The number of carbonyl (C=O) groups is 2. The van der Waals surface area contributed by atoms with Crippen LogP contribution in [0.15, 0.2) is 65.7 Å². The van der Waals surface area contributed by atoms with Gasteiger partial charge in [-0.25, -0.2) is 9.98 Å². The Kier molecular flexibility index (Phi) is 10.2. The Labute approximate surface area is 298 Å². The lowest BCUT2D eigenvalue weighted by atomic mass is 9.98. The van der Waals surface area contributed by atoms with Gasteiger partial charge in [-0.15, -0.1) is 0 Å². The molecular formula is C38H45N9O4. The topological polar surface area (TPSA) is 173 Å². The van der Waals surface area contributed by atoms with Gasteiger partial charge < -0.3 is 25.4 Å². The number of likely N-dealkylation sites (tertiary alicyclic amines) is 1. The van der Waals surface area contributed by atoms with Crippen LogP contribution in [0.5, 0.6) is 11.5 Å². The zero-order valence-corrected chi connectivity index (χ0v) is 29.5. The molecule has 13 heteroatoms. The quantitative estimate of drug-likeness (QED) is 0.181. The Morgan fingerprint density at radius 3 is 2.53 bits per heavy atom. The van der Waals surface area contributed by atoms with E-state index in [-0.39, 0.29) is 41.5 Å². The predicted molar refractivity (Wildman–Crippen MR) is 199 cm³/mol. The molecule has 1 atom stereocenters. The number of amides is 2. The van der Waals surface area contributed by atoms with E-state index in [2.05, 4.69) is 21.3 Å². The molecule has 2 amide bonds. The van der Waals surface area contributed by atoms with Crippen molar-refractivity contribution in [3.05, 3.63) is 83.1 Å². The average Bonchev–Trinajstić information content (AvgIpc) is 3.73. The molecule has 2 aromatic carbocycles. The summed E-state index contributed by atoms with van der Waals surface area (Å²) in [6, 6.07) is 16.4. The summed E-state index contributed by atoms with van der Waals surface area (Å²) in [5.41, 5.74) is 10.6. The fourth-order valence-electron chi connectivity index (χ4n) is 6.65. The zero-order chi connectivity index (χ0) is 36.3. The van der Waals surface area contributed by atoms with E-state index in [1.54, 1.807) is 42.3 Å². The summed E-state index contributed by atoms with van der Waals surface area (Å²) >= 11 is 0. The van der Waals surface area contributed by atoms with Crippen LogP contribution in [0.4, 0.5) is 11.5 Å². The number of nitrogens with zero attached hydrogens (tertiary/aromatic N) is 5. The summed E-state index contributed by atoms with van der Waals surface area (Å²) in [6.07, 6.45) is 4.97. The number of ether oxygens (including phenoxy) is 2. The van der Waals surface area contributed by atoms with Crippen molar-refractivity contribution in [2.45, 2.75) is 39.4 Å². The van der Waals surface area contributed by atoms with E-state index < -0.39 is 5.79 Å². The number of aliphatic imine (C=N–C) groups is 1. The second-order valence-electron chi connectivity index (χ2n) is 13.3. The number of hydrogen-bond acceptors (Lipinski definition) is 9. The molecule has 0 aliphatic carbocycles. The number of anilines is 2. The number of rotatable bonds is 10. The first-order valence-electron chi connectivity index (χ1n) is 17.2. The maximum atomic E-state index is 13.8. The second kappa shape index (κ2) is 14.7. The lowest BCUT2D eigenvalue weighted by Crippen LogP contribution is -2.42. The molecule has 3 aliphatic heterocycles. The van der Waals surface area contributed by atoms with E-state index in [9.17, 15) is 9.59 Å². The zero-order valence-electron chi connectivity index (χ0n) is 29.5. The number of pyridine rings is 1. The van der Waals surface area contributed by atoms with Crippen LogP contribution < -0.4 is 25.4 Å². The van der Waals surface area contributed by atoms with Crippen LogP contribution in [0.25, 0.3) is 5.57 Å². The van der Waals surface area contributed by atoms with Gasteiger partial charge in [-0.1, -0.05) is 30.3 Å². The SMILES string of the molecule is CCN(C(=O)[C@@H]1CCN(CC(=O)N2CC=C(c3ccc(C(=N)/N=C\NC)cc3)CC2)C1)c1ccc(N)c(C(=N)c2ccc3c(c2)OC(C)(C)O3)n1. The van der Waals surface area contributed by atoms with Crippen molar-refractivity contribution < 1.29 is 19.1 Å². The van der Waals surface area contributed by atoms with Gasteiger partial charge in [0.1, 0.15) is 11.5 Å². The first kappa shape index (κ1) is 35.3.